The van der Waals surface area contributed by atoms with Crippen LogP contribution in [0.2, 0.25) is 0 Å². The number of nitrogens with one attached hydrogen (secondary N) is 2. The zero-order valence-corrected chi connectivity index (χ0v) is 23.7. The van der Waals surface area contributed by atoms with E-state index in [4.69, 9.17) is 19.3 Å². The highest BCUT2D eigenvalue weighted by Gasteiger charge is 2.56. The van der Waals surface area contributed by atoms with Crippen molar-refractivity contribution in [2.45, 2.75) is 25.7 Å². The number of ether oxygens (including phenoxy) is 3. The van der Waals surface area contributed by atoms with Gasteiger partial charge in [0.15, 0.2) is 23.1 Å². The summed E-state index contributed by atoms with van der Waals surface area (Å²) in [5, 5.41) is 14.5. The van der Waals surface area contributed by atoms with E-state index in [9.17, 15) is 18.8 Å². The minimum atomic E-state index is -1.30. The van der Waals surface area contributed by atoms with Gasteiger partial charge in [-0.05, 0) is 67.8 Å². The summed E-state index contributed by atoms with van der Waals surface area (Å²) in [6.07, 6.45) is 2.41. The number of rotatable bonds is 12. The average molecular weight is 609 g/mol. The molecule has 1 saturated carbocycles. The molecule has 11 nitrogen and oxygen atoms in total. The number of carboxylic acids is 1. The van der Waals surface area contributed by atoms with E-state index >= 15 is 4.39 Å². The summed E-state index contributed by atoms with van der Waals surface area (Å²) in [4.78, 5) is 40.8. The number of carboxylic acid groups (broad SMARTS) is 1. The molecule has 1 aromatic heterocycles. The average Bonchev–Trinajstić information content (AvgIpc) is 3.80. The van der Waals surface area contributed by atoms with Crippen LogP contribution in [0.25, 0.3) is 10.9 Å². The number of methoxy groups -OCH3 is 1. The van der Waals surface area contributed by atoms with Gasteiger partial charge >= 0.3 is 5.97 Å². The summed E-state index contributed by atoms with van der Waals surface area (Å²) in [6, 6.07) is 13.9. The SMILES string of the molecule is COc1cc2c(Oc3ccc(NC(=O)C4(C(=O)Nc5ccc(F)cc5)CC4)cc3F)ccnc2cc1OCCCC(=O)O.N. The standard InChI is InChI=1S/C31H27F2N3O7.H3N/c1-41-26-16-21-23(17-27(26)42-14-2-3-28(37)38)34-13-10-24(21)43-25-9-8-20(15-22(25)33)36-30(40)31(11-12-31)29(39)35-19-6-4-18(32)5-7-19;/h4-10,13,15-17H,2-3,11-12,14H2,1H3,(H,35,39)(H,36,40)(H,37,38);1H3. The van der Waals surface area contributed by atoms with Crippen LogP contribution in [-0.2, 0) is 14.4 Å². The third-order valence-electron chi connectivity index (χ3n) is 6.91. The Hall–Kier alpha value is -5.30. The number of amides is 2. The normalized spacial score (nSPS) is 12.9. The molecule has 230 valence electrons. The number of benzene rings is 3. The third-order valence-corrected chi connectivity index (χ3v) is 6.91. The van der Waals surface area contributed by atoms with E-state index in [1.165, 1.54) is 49.7 Å². The molecule has 0 atom stereocenters. The first kappa shape index (κ1) is 31.6. The van der Waals surface area contributed by atoms with Crippen molar-refractivity contribution in [3.05, 3.63) is 78.5 Å². The van der Waals surface area contributed by atoms with Gasteiger partial charge in [-0.15, -0.1) is 0 Å². The molecule has 4 aromatic rings. The molecular formula is C31H30F2N4O7. The van der Waals surface area contributed by atoms with Gasteiger partial charge in [0.2, 0.25) is 11.8 Å². The van der Waals surface area contributed by atoms with E-state index < -0.39 is 34.8 Å². The van der Waals surface area contributed by atoms with E-state index in [-0.39, 0.29) is 36.4 Å². The number of carbonyl (C=O) groups is 3. The Morgan fingerprint density at radius 2 is 1.57 bits per heavy atom. The number of fused-ring (bicyclic) bond motifs is 1. The molecule has 0 saturated heterocycles. The number of pyridine rings is 1. The number of anilines is 2. The molecule has 0 radical (unpaired) electrons. The van der Waals surface area contributed by atoms with Crippen LogP contribution < -0.4 is 31.0 Å². The van der Waals surface area contributed by atoms with E-state index in [2.05, 4.69) is 15.6 Å². The van der Waals surface area contributed by atoms with Gasteiger partial charge in [0.25, 0.3) is 0 Å². The fourth-order valence-electron chi connectivity index (χ4n) is 4.39. The second kappa shape index (κ2) is 13.3. The number of hydrogen-bond acceptors (Lipinski definition) is 8. The molecular weight excluding hydrogens is 578 g/mol. The molecule has 2 amide bonds. The molecule has 6 N–H and O–H groups in total. The Balaban J connectivity index is 0.00000442. The van der Waals surface area contributed by atoms with Crippen LogP contribution in [0.5, 0.6) is 23.0 Å². The summed E-state index contributed by atoms with van der Waals surface area (Å²) in [7, 11) is 1.45. The van der Waals surface area contributed by atoms with Crippen LogP contribution in [0, 0.1) is 17.0 Å². The minimum absolute atomic E-state index is 0. The molecule has 0 aliphatic heterocycles. The lowest BCUT2D eigenvalue weighted by atomic mass is 10.0. The Labute approximate surface area is 250 Å². The number of aliphatic carboxylic acids is 1. The highest BCUT2D eigenvalue weighted by molar-refractivity contribution is 6.16. The fourth-order valence-corrected chi connectivity index (χ4v) is 4.39. The quantitative estimate of drug-likeness (QED) is 0.110. The Morgan fingerprint density at radius 1 is 0.886 bits per heavy atom. The van der Waals surface area contributed by atoms with E-state index in [0.717, 1.165) is 6.07 Å². The minimum Gasteiger partial charge on any atom is -0.493 e. The van der Waals surface area contributed by atoms with Crippen molar-refractivity contribution in [1.29, 1.82) is 0 Å². The largest absolute Gasteiger partial charge is 0.493 e. The molecule has 1 fully saturated rings. The van der Waals surface area contributed by atoms with Crippen molar-refractivity contribution in [3.8, 4) is 23.0 Å². The van der Waals surface area contributed by atoms with Crippen LogP contribution in [-0.4, -0.2) is 41.6 Å². The summed E-state index contributed by atoms with van der Waals surface area (Å²) in [5.41, 5.74) is -0.321. The van der Waals surface area contributed by atoms with Gasteiger partial charge in [-0.1, -0.05) is 0 Å². The van der Waals surface area contributed by atoms with Crippen molar-refractivity contribution in [1.82, 2.24) is 11.1 Å². The van der Waals surface area contributed by atoms with Gasteiger partial charge in [-0.2, -0.15) is 0 Å². The van der Waals surface area contributed by atoms with Gasteiger partial charge in [0.05, 0.1) is 19.2 Å². The summed E-state index contributed by atoms with van der Waals surface area (Å²) >= 11 is 0. The predicted molar refractivity (Wildman–Crippen MR) is 157 cm³/mol. The highest BCUT2D eigenvalue weighted by atomic mass is 19.1. The monoisotopic (exact) mass is 608 g/mol. The smallest absolute Gasteiger partial charge is 0.303 e. The van der Waals surface area contributed by atoms with Crippen molar-refractivity contribution < 1.29 is 42.5 Å². The molecule has 5 rings (SSSR count). The van der Waals surface area contributed by atoms with E-state index in [0.29, 0.717) is 47.4 Å². The van der Waals surface area contributed by atoms with Gasteiger partial charge < -0.3 is 36.1 Å². The van der Waals surface area contributed by atoms with Crippen molar-refractivity contribution in [2.24, 2.45) is 5.41 Å². The van der Waals surface area contributed by atoms with Gasteiger partial charge in [-0.3, -0.25) is 19.4 Å². The molecule has 0 spiro atoms. The van der Waals surface area contributed by atoms with Crippen LogP contribution in [0.15, 0.2) is 66.9 Å². The molecule has 44 heavy (non-hydrogen) atoms. The summed E-state index contributed by atoms with van der Waals surface area (Å²) in [5.74, 6) is -2.33. The van der Waals surface area contributed by atoms with Gasteiger partial charge in [-0.25, -0.2) is 8.78 Å². The van der Waals surface area contributed by atoms with E-state index in [1.807, 2.05) is 0 Å². The maximum absolute atomic E-state index is 15.1. The van der Waals surface area contributed by atoms with Crippen LogP contribution in [0.3, 0.4) is 0 Å². The van der Waals surface area contributed by atoms with Crippen molar-refractivity contribution in [2.75, 3.05) is 24.4 Å². The molecule has 1 aliphatic carbocycles. The molecule has 3 aromatic carbocycles. The predicted octanol–water partition coefficient (Wildman–Crippen LogP) is 6.08. The number of carbonyl (C=O) groups excluding carboxylic acids is 2. The molecule has 0 bridgehead atoms. The van der Waals surface area contributed by atoms with Crippen LogP contribution >= 0.6 is 0 Å². The summed E-state index contributed by atoms with van der Waals surface area (Å²) in [6.45, 7) is 0.165. The molecule has 13 heteroatoms. The summed E-state index contributed by atoms with van der Waals surface area (Å²) < 4.78 is 45.3. The number of nitrogens with zero attached hydrogens (tertiary/aromatic N) is 1. The van der Waals surface area contributed by atoms with Crippen molar-refractivity contribution >= 4 is 40.1 Å². The lowest BCUT2D eigenvalue weighted by Crippen LogP contribution is -2.35. The molecule has 1 aliphatic rings. The van der Waals surface area contributed by atoms with Gasteiger partial charge in [0, 0.05) is 41.5 Å². The van der Waals surface area contributed by atoms with Crippen LogP contribution in [0.1, 0.15) is 25.7 Å². The lowest BCUT2D eigenvalue weighted by Gasteiger charge is -2.16. The van der Waals surface area contributed by atoms with Crippen molar-refractivity contribution in [3.63, 3.8) is 0 Å². The zero-order chi connectivity index (χ0) is 30.6. The zero-order valence-electron chi connectivity index (χ0n) is 23.7. The third kappa shape index (κ3) is 7.01. The maximum Gasteiger partial charge on any atom is 0.303 e. The maximum atomic E-state index is 15.1. The number of hydrogen-bond donors (Lipinski definition) is 4. The number of halogens is 2. The topological polar surface area (TPSA) is 171 Å². The first-order valence-corrected chi connectivity index (χ1v) is 13.4. The van der Waals surface area contributed by atoms with E-state index in [1.54, 1.807) is 18.2 Å². The second-order valence-electron chi connectivity index (χ2n) is 9.92. The molecule has 0 unspecified atom stereocenters. The van der Waals surface area contributed by atoms with Gasteiger partial charge in [0.1, 0.15) is 17.0 Å². The highest BCUT2D eigenvalue weighted by Crippen LogP contribution is 2.47. The fraction of sp³-hybridized carbons (Fsp3) is 0.226. The lowest BCUT2D eigenvalue weighted by molar-refractivity contribution is -0.137. The molecule has 1 heterocycles. The Kier molecular flexibility index (Phi) is 9.59. The first-order chi connectivity index (χ1) is 20.7. The Morgan fingerprint density at radius 3 is 2.20 bits per heavy atom. The Bertz CT molecular complexity index is 1700. The van der Waals surface area contributed by atoms with Crippen LogP contribution in [0.4, 0.5) is 20.2 Å². The second-order valence-corrected chi connectivity index (χ2v) is 9.92. The first-order valence-electron chi connectivity index (χ1n) is 13.4. The number of aromatic nitrogens is 1.